The number of rotatable bonds is 9. The fraction of sp³-hybridized carbons (Fsp3) is 0.929. The van der Waals surface area contributed by atoms with E-state index in [9.17, 15) is 0 Å². The van der Waals surface area contributed by atoms with Crippen molar-refractivity contribution in [3.8, 4) is 0 Å². The van der Waals surface area contributed by atoms with E-state index < -0.39 is 0 Å². The standard InChI is InChI=1S/C14H29/c1-5-9-13(8-4)12-14(10-6-2)11-7-3/h12-14H,5-11H2,1-4H3. The first-order chi connectivity index (χ1) is 6.78. The molecule has 0 spiro atoms. The maximum Gasteiger partial charge on any atom is -0.0324 e. The van der Waals surface area contributed by atoms with E-state index in [-0.39, 0.29) is 0 Å². The molecule has 14 heavy (non-hydrogen) atoms. The highest BCUT2D eigenvalue weighted by Gasteiger charge is 2.13. The molecule has 1 unspecified atom stereocenters. The first-order valence-corrected chi connectivity index (χ1v) is 6.63. The van der Waals surface area contributed by atoms with Gasteiger partial charge in [-0.25, -0.2) is 0 Å². The molecule has 0 aromatic rings. The van der Waals surface area contributed by atoms with Gasteiger partial charge < -0.3 is 0 Å². The minimum Gasteiger partial charge on any atom is -0.0654 e. The molecule has 0 rings (SSSR count). The summed E-state index contributed by atoms with van der Waals surface area (Å²) >= 11 is 0. The molecule has 0 heterocycles. The minimum atomic E-state index is 0.878. The summed E-state index contributed by atoms with van der Waals surface area (Å²) in [5, 5.41) is 0. The van der Waals surface area contributed by atoms with Crippen molar-refractivity contribution in [1.29, 1.82) is 0 Å². The fourth-order valence-electron chi connectivity index (χ4n) is 2.27. The molecule has 0 saturated carbocycles. The Bertz CT molecular complexity index is 101. The van der Waals surface area contributed by atoms with Crippen molar-refractivity contribution in [2.75, 3.05) is 0 Å². The summed E-state index contributed by atoms with van der Waals surface area (Å²) in [5.41, 5.74) is 0. The van der Waals surface area contributed by atoms with Gasteiger partial charge in [-0.1, -0.05) is 72.6 Å². The van der Waals surface area contributed by atoms with Gasteiger partial charge in [-0.3, -0.25) is 0 Å². The Morgan fingerprint density at radius 1 is 0.714 bits per heavy atom. The van der Waals surface area contributed by atoms with Crippen LogP contribution in [-0.4, -0.2) is 0 Å². The van der Waals surface area contributed by atoms with E-state index in [0.29, 0.717) is 0 Å². The average Bonchev–Trinajstić information content (AvgIpc) is 2.18. The van der Waals surface area contributed by atoms with Crippen molar-refractivity contribution in [3.05, 3.63) is 6.42 Å². The average molecular weight is 197 g/mol. The second-order valence-corrected chi connectivity index (χ2v) is 4.49. The lowest BCUT2D eigenvalue weighted by Crippen LogP contribution is -2.09. The monoisotopic (exact) mass is 197 g/mol. The van der Waals surface area contributed by atoms with Crippen molar-refractivity contribution in [1.82, 2.24) is 0 Å². The van der Waals surface area contributed by atoms with Crippen LogP contribution in [0.15, 0.2) is 0 Å². The van der Waals surface area contributed by atoms with Gasteiger partial charge in [-0.2, -0.15) is 0 Å². The molecule has 1 radical (unpaired) electrons. The summed E-state index contributed by atoms with van der Waals surface area (Å²) < 4.78 is 0. The lowest BCUT2D eigenvalue weighted by Gasteiger charge is -2.21. The molecule has 0 saturated heterocycles. The quantitative estimate of drug-likeness (QED) is 0.474. The van der Waals surface area contributed by atoms with Gasteiger partial charge in [0.15, 0.2) is 0 Å². The van der Waals surface area contributed by atoms with Gasteiger partial charge in [0.25, 0.3) is 0 Å². The molecule has 0 fully saturated rings. The zero-order valence-electron chi connectivity index (χ0n) is 10.7. The van der Waals surface area contributed by atoms with Gasteiger partial charge in [0.1, 0.15) is 0 Å². The van der Waals surface area contributed by atoms with E-state index >= 15 is 0 Å². The molecule has 0 aromatic carbocycles. The van der Waals surface area contributed by atoms with E-state index in [2.05, 4.69) is 34.1 Å². The first kappa shape index (κ1) is 14.0. The van der Waals surface area contributed by atoms with Crippen LogP contribution in [0.4, 0.5) is 0 Å². The summed E-state index contributed by atoms with van der Waals surface area (Å²) in [6, 6.07) is 0. The zero-order valence-corrected chi connectivity index (χ0v) is 10.7. The van der Waals surface area contributed by atoms with Gasteiger partial charge in [-0.05, 0) is 18.3 Å². The van der Waals surface area contributed by atoms with E-state index in [4.69, 9.17) is 0 Å². The maximum atomic E-state index is 2.65. The van der Waals surface area contributed by atoms with E-state index in [0.717, 1.165) is 11.8 Å². The molecular weight excluding hydrogens is 168 g/mol. The maximum absolute atomic E-state index is 2.65. The van der Waals surface area contributed by atoms with Crippen LogP contribution in [0, 0.1) is 18.3 Å². The molecule has 0 aliphatic rings. The molecule has 85 valence electrons. The normalized spacial score (nSPS) is 13.5. The molecule has 0 bridgehead atoms. The van der Waals surface area contributed by atoms with E-state index in [1.54, 1.807) is 0 Å². The van der Waals surface area contributed by atoms with Crippen LogP contribution in [0.3, 0.4) is 0 Å². The highest BCUT2D eigenvalue weighted by molar-refractivity contribution is 4.82. The van der Waals surface area contributed by atoms with Crippen LogP contribution in [0.25, 0.3) is 0 Å². The molecular formula is C14H29. The third-order valence-corrected chi connectivity index (χ3v) is 3.05. The SMILES string of the molecule is CCCC([CH]C(CCC)CCC)CC. The van der Waals surface area contributed by atoms with Crippen LogP contribution in [-0.2, 0) is 0 Å². The Morgan fingerprint density at radius 3 is 1.50 bits per heavy atom. The predicted octanol–water partition coefficient (Wildman–Crippen LogP) is 5.23. The van der Waals surface area contributed by atoms with E-state index in [1.807, 2.05) is 0 Å². The van der Waals surface area contributed by atoms with Crippen molar-refractivity contribution in [2.24, 2.45) is 11.8 Å². The van der Waals surface area contributed by atoms with Crippen LogP contribution in [0.1, 0.15) is 72.6 Å². The summed E-state index contributed by atoms with van der Waals surface area (Å²) in [5.74, 6) is 1.77. The van der Waals surface area contributed by atoms with Crippen LogP contribution in [0.5, 0.6) is 0 Å². The molecule has 0 aromatic heterocycles. The zero-order chi connectivity index (χ0) is 10.8. The molecule has 1 atom stereocenters. The Labute approximate surface area is 91.5 Å². The third-order valence-electron chi connectivity index (χ3n) is 3.05. The van der Waals surface area contributed by atoms with Crippen molar-refractivity contribution in [2.45, 2.75) is 72.6 Å². The van der Waals surface area contributed by atoms with Gasteiger partial charge in [0.2, 0.25) is 0 Å². The summed E-state index contributed by atoms with van der Waals surface area (Å²) in [6.07, 6.45) is 12.2. The smallest absolute Gasteiger partial charge is 0.0324 e. The van der Waals surface area contributed by atoms with Crippen LogP contribution in [0.2, 0.25) is 0 Å². The molecule has 0 N–H and O–H groups in total. The van der Waals surface area contributed by atoms with Gasteiger partial charge >= 0.3 is 0 Å². The van der Waals surface area contributed by atoms with Crippen molar-refractivity contribution >= 4 is 0 Å². The molecule has 0 nitrogen and oxygen atoms in total. The predicted molar refractivity (Wildman–Crippen MR) is 66.3 cm³/mol. The Morgan fingerprint density at radius 2 is 1.14 bits per heavy atom. The lowest BCUT2D eigenvalue weighted by molar-refractivity contribution is 0.407. The second kappa shape index (κ2) is 9.55. The lowest BCUT2D eigenvalue weighted by atomic mass is 9.85. The second-order valence-electron chi connectivity index (χ2n) is 4.49. The molecule has 0 heteroatoms. The van der Waals surface area contributed by atoms with Crippen LogP contribution < -0.4 is 0 Å². The van der Waals surface area contributed by atoms with Crippen molar-refractivity contribution in [3.63, 3.8) is 0 Å². The molecule has 0 aliphatic carbocycles. The largest absolute Gasteiger partial charge is 0.0654 e. The van der Waals surface area contributed by atoms with Gasteiger partial charge in [0, 0.05) is 0 Å². The number of hydrogen-bond donors (Lipinski definition) is 0. The molecule has 0 amide bonds. The Balaban J connectivity index is 3.83. The third kappa shape index (κ3) is 6.45. The highest BCUT2D eigenvalue weighted by Crippen LogP contribution is 2.25. The number of hydrogen-bond acceptors (Lipinski definition) is 0. The molecule has 0 aliphatic heterocycles. The van der Waals surface area contributed by atoms with Gasteiger partial charge in [-0.15, -0.1) is 0 Å². The van der Waals surface area contributed by atoms with Crippen LogP contribution >= 0.6 is 0 Å². The minimum absolute atomic E-state index is 0.878. The van der Waals surface area contributed by atoms with Gasteiger partial charge in [0.05, 0.1) is 0 Å². The Hall–Kier alpha value is 0. The summed E-state index contributed by atoms with van der Waals surface area (Å²) in [4.78, 5) is 0. The summed E-state index contributed by atoms with van der Waals surface area (Å²) in [6.45, 7) is 9.23. The Kier molecular flexibility index (Phi) is 9.55. The fourth-order valence-corrected chi connectivity index (χ4v) is 2.27. The van der Waals surface area contributed by atoms with Crippen molar-refractivity contribution < 1.29 is 0 Å². The summed E-state index contributed by atoms with van der Waals surface area (Å²) in [7, 11) is 0. The highest BCUT2D eigenvalue weighted by atomic mass is 14.2. The van der Waals surface area contributed by atoms with E-state index in [1.165, 1.54) is 44.9 Å². The topological polar surface area (TPSA) is 0 Å². The first-order valence-electron chi connectivity index (χ1n) is 6.63.